The number of hydrogen-bond acceptors (Lipinski definition) is 4. The van der Waals surface area contributed by atoms with E-state index in [0.717, 1.165) is 26.6 Å². The molecule has 0 saturated carbocycles. The largest absolute Gasteiger partial charge is 0.271 e. The van der Waals surface area contributed by atoms with Gasteiger partial charge in [-0.25, -0.2) is 13.8 Å². The number of sulfonamides is 1. The summed E-state index contributed by atoms with van der Waals surface area (Å²) in [6.07, 6.45) is 1.54. The summed E-state index contributed by atoms with van der Waals surface area (Å²) in [5, 5.41) is 4.02. The van der Waals surface area contributed by atoms with E-state index in [9.17, 15) is 13.2 Å². The number of nitrogens with zero attached hydrogens (tertiary/aromatic N) is 2. The zero-order valence-corrected chi connectivity index (χ0v) is 21.1. The van der Waals surface area contributed by atoms with Gasteiger partial charge in [0.25, 0.3) is 15.9 Å². The van der Waals surface area contributed by atoms with Gasteiger partial charge in [0.1, 0.15) is 6.54 Å². The highest BCUT2D eigenvalue weighted by atomic mass is 32.2. The molecule has 3 aromatic rings. The molecule has 0 radical (unpaired) electrons. The summed E-state index contributed by atoms with van der Waals surface area (Å²) < 4.78 is 28.2. The van der Waals surface area contributed by atoms with Gasteiger partial charge >= 0.3 is 0 Å². The lowest BCUT2D eigenvalue weighted by Gasteiger charge is -2.26. The fourth-order valence-corrected chi connectivity index (χ4v) is 4.93. The molecule has 0 fully saturated rings. The number of rotatable bonds is 8. The van der Waals surface area contributed by atoms with Crippen LogP contribution in [0.3, 0.4) is 0 Å². The molecule has 6 nitrogen and oxygen atoms in total. The SMILES string of the molecule is Cc1ccc(S(=O)(=O)N(CC(=O)N/N=C\c2ccc(C(C)C)cc2)c2cccc(C)c2C)cc1. The third-order valence-corrected chi connectivity index (χ3v) is 7.52. The van der Waals surface area contributed by atoms with Gasteiger partial charge in [-0.3, -0.25) is 9.10 Å². The molecule has 0 heterocycles. The second kappa shape index (κ2) is 10.7. The van der Waals surface area contributed by atoms with Crippen molar-refractivity contribution in [3.05, 3.63) is 94.5 Å². The Morgan fingerprint density at radius 1 is 0.971 bits per heavy atom. The summed E-state index contributed by atoms with van der Waals surface area (Å²) in [5.74, 6) is -0.108. The van der Waals surface area contributed by atoms with Gasteiger partial charge < -0.3 is 0 Å². The lowest BCUT2D eigenvalue weighted by molar-refractivity contribution is -0.119. The topological polar surface area (TPSA) is 78.8 Å². The first kappa shape index (κ1) is 25.2. The number of benzene rings is 3. The third kappa shape index (κ3) is 5.91. The van der Waals surface area contributed by atoms with Crippen LogP contribution in [0.4, 0.5) is 5.69 Å². The van der Waals surface area contributed by atoms with Crippen LogP contribution < -0.4 is 9.73 Å². The number of aryl methyl sites for hydroxylation is 2. The smallest absolute Gasteiger partial charge is 0.264 e. The van der Waals surface area contributed by atoms with Gasteiger partial charge in [-0.2, -0.15) is 5.10 Å². The normalized spacial score (nSPS) is 11.7. The number of anilines is 1. The zero-order valence-electron chi connectivity index (χ0n) is 20.2. The van der Waals surface area contributed by atoms with E-state index in [1.807, 2.05) is 51.1 Å². The number of amides is 1. The Balaban J connectivity index is 1.84. The highest BCUT2D eigenvalue weighted by Crippen LogP contribution is 2.28. The van der Waals surface area contributed by atoms with Gasteiger partial charge in [-0.15, -0.1) is 0 Å². The molecule has 0 aliphatic rings. The van der Waals surface area contributed by atoms with Gasteiger partial charge in [-0.1, -0.05) is 67.9 Å². The van der Waals surface area contributed by atoms with Crippen molar-refractivity contribution in [2.75, 3.05) is 10.8 Å². The standard InChI is InChI=1S/C27H31N3O3S/c1-19(2)24-13-11-23(12-14-24)17-28-29-27(31)18-30(26-8-6-7-21(4)22(26)5)34(32,33)25-15-9-20(3)10-16-25/h6-17,19H,18H2,1-5H3,(H,29,31)/b28-17-. The van der Waals surface area contributed by atoms with E-state index in [4.69, 9.17) is 0 Å². The van der Waals surface area contributed by atoms with Crippen molar-refractivity contribution in [3.8, 4) is 0 Å². The summed E-state index contributed by atoms with van der Waals surface area (Å²) in [4.78, 5) is 12.9. The van der Waals surface area contributed by atoms with E-state index in [1.165, 1.54) is 5.56 Å². The molecule has 1 amide bonds. The van der Waals surface area contributed by atoms with Crippen LogP contribution >= 0.6 is 0 Å². The van der Waals surface area contributed by atoms with Crippen molar-refractivity contribution < 1.29 is 13.2 Å². The molecule has 178 valence electrons. The maximum atomic E-state index is 13.5. The molecule has 0 aliphatic heterocycles. The number of hydrazone groups is 1. The molecule has 34 heavy (non-hydrogen) atoms. The monoisotopic (exact) mass is 477 g/mol. The molecule has 0 saturated heterocycles. The van der Waals surface area contributed by atoms with Crippen molar-refractivity contribution in [1.29, 1.82) is 0 Å². The summed E-state index contributed by atoms with van der Waals surface area (Å²) in [6.45, 7) is 9.49. The zero-order chi connectivity index (χ0) is 24.9. The number of carbonyl (C=O) groups is 1. The van der Waals surface area contributed by atoms with Crippen LogP contribution in [-0.2, 0) is 14.8 Å². The first-order chi connectivity index (χ1) is 16.1. The van der Waals surface area contributed by atoms with E-state index in [2.05, 4.69) is 24.4 Å². The molecule has 0 spiro atoms. The Hall–Kier alpha value is -3.45. The average Bonchev–Trinajstić information content (AvgIpc) is 2.80. The lowest BCUT2D eigenvalue weighted by Crippen LogP contribution is -2.40. The molecule has 0 atom stereocenters. The number of hydrogen-bond donors (Lipinski definition) is 1. The number of carbonyl (C=O) groups excluding carboxylic acids is 1. The Kier molecular flexibility index (Phi) is 7.89. The van der Waals surface area contributed by atoms with Crippen LogP contribution in [0, 0.1) is 20.8 Å². The van der Waals surface area contributed by atoms with Gasteiger partial charge in [0, 0.05) is 0 Å². The highest BCUT2D eigenvalue weighted by molar-refractivity contribution is 7.92. The van der Waals surface area contributed by atoms with Gasteiger partial charge in [0.15, 0.2) is 0 Å². The average molecular weight is 478 g/mol. The maximum absolute atomic E-state index is 13.5. The van der Waals surface area contributed by atoms with E-state index < -0.39 is 22.5 Å². The summed E-state index contributed by atoms with van der Waals surface area (Å²) in [6, 6.07) is 19.9. The van der Waals surface area contributed by atoms with Crippen LogP contribution in [-0.4, -0.2) is 27.1 Å². The van der Waals surface area contributed by atoms with Crippen molar-refractivity contribution in [2.45, 2.75) is 45.4 Å². The molecule has 0 bridgehead atoms. The maximum Gasteiger partial charge on any atom is 0.264 e. The first-order valence-corrected chi connectivity index (χ1v) is 12.6. The molecule has 7 heteroatoms. The van der Waals surface area contributed by atoms with Crippen molar-refractivity contribution in [2.24, 2.45) is 5.10 Å². The van der Waals surface area contributed by atoms with Gasteiger partial charge in [-0.05, 0) is 67.1 Å². The van der Waals surface area contributed by atoms with Crippen LogP contribution in [0.1, 0.15) is 47.6 Å². The summed E-state index contributed by atoms with van der Waals surface area (Å²) in [7, 11) is -3.97. The molecule has 1 N–H and O–H groups in total. The molecule has 0 aromatic heterocycles. The molecular weight excluding hydrogens is 446 g/mol. The molecule has 3 rings (SSSR count). The Labute approximate surface area is 202 Å². The minimum atomic E-state index is -3.97. The second-order valence-corrected chi connectivity index (χ2v) is 10.5. The number of nitrogens with one attached hydrogen (secondary N) is 1. The molecular formula is C27H31N3O3S. The predicted octanol–water partition coefficient (Wildman–Crippen LogP) is 5.08. The Bertz CT molecular complexity index is 1280. The fourth-order valence-electron chi connectivity index (χ4n) is 3.45. The summed E-state index contributed by atoms with van der Waals surface area (Å²) in [5.41, 5.74) is 7.65. The fraction of sp³-hybridized carbons (Fsp3) is 0.259. The Morgan fingerprint density at radius 2 is 1.62 bits per heavy atom. The first-order valence-electron chi connectivity index (χ1n) is 11.2. The predicted molar refractivity (Wildman–Crippen MR) is 138 cm³/mol. The summed E-state index contributed by atoms with van der Waals surface area (Å²) >= 11 is 0. The minimum absolute atomic E-state index is 0.126. The van der Waals surface area contributed by atoms with E-state index in [0.29, 0.717) is 11.6 Å². The van der Waals surface area contributed by atoms with Gasteiger partial charge in [0.05, 0.1) is 16.8 Å². The highest BCUT2D eigenvalue weighted by Gasteiger charge is 2.28. The third-order valence-electron chi connectivity index (χ3n) is 5.75. The molecule has 0 aliphatic carbocycles. The van der Waals surface area contributed by atoms with Crippen LogP contribution in [0.25, 0.3) is 0 Å². The minimum Gasteiger partial charge on any atom is -0.271 e. The van der Waals surface area contributed by atoms with Crippen molar-refractivity contribution >= 4 is 27.8 Å². The van der Waals surface area contributed by atoms with E-state index >= 15 is 0 Å². The van der Waals surface area contributed by atoms with Crippen LogP contribution in [0.2, 0.25) is 0 Å². The van der Waals surface area contributed by atoms with Crippen LogP contribution in [0.5, 0.6) is 0 Å². The van der Waals surface area contributed by atoms with Gasteiger partial charge in [0.2, 0.25) is 0 Å². The van der Waals surface area contributed by atoms with E-state index in [-0.39, 0.29) is 4.90 Å². The molecule has 0 unspecified atom stereocenters. The quantitative estimate of drug-likeness (QED) is 0.363. The van der Waals surface area contributed by atoms with E-state index in [1.54, 1.807) is 42.6 Å². The van der Waals surface area contributed by atoms with Crippen LogP contribution in [0.15, 0.2) is 76.7 Å². The second-order valence-electron chi connectivity index (χ2n) is 8.66. The van der Waals surface area contributed by atoms with Crippen molar-refractivity contribution in [1.82, 2.24) is 5.43 Å². The van der Waals surface area contributed by atoms with Crippen molar-refractivity contribution in [3.63, 3.8) is 0 Å². The Morgan fingerprint density at radius 3 is 2.24 bits per heavy atom. The molecule has 3 aromatic carbocycles. The lowest BCUT2D eigenvalue weighted by atomic mass is 10.0.